The Morgan fingerprint density at radius 1 is 1.12 bits per heavy atom. The predicted octanol–water partition coefficient (Wildman–Crippen LogP) is 3.54. The number of benzene rings is 1. The Balaban J connectivity index is 1.59. The maximum Gasteiger partial charge on any atom is 0.179 e. The lowest BCUT2D eigenvalue weighted by Gasteiger charge is -2.38. The van der Waals surface area contributed by atoms with Crippen molar-refractivity contribution in [3.8, 4) is 0 Å². The molecular formula is C21H21FN4. The Bertz CT molecular complexity index is 873. The standard InChI is InChI=1S/C21H21FN4/c1-25-14-10-20(16-8-11-23-12-9-16)24-21(25)26-13-4-5-17(15-26)18-6-2-3-7-19(18)22/h2-3,5-12,14,21H,4,13,15H2,1H3. The van der Waals surface area contributed by atoms with Gasteiger partial charge in [-0.1, -0.05) is 24.3 Å². The fraction of sp³-hybridized carbons (Fsp3) is 0.238. The summed E-state index contributed by atoms with van der Waals surface area (Å²) in [5.41, 5.74) is 3.70. The van der Waals surface area contributed by atoms with Gasteiger partial charge in [-0.25, -0.2) is 9.38 Å². The van der Waals surface area contributed by atoms with Crippen molar-refractivity contribution in [2.24, 2.45) is 4.99 Å². The van der Waals surface area contributed by atoms with Crippen molar-refractivity contribution in [2.75, 3.05) is 20.1 Å². The Kier molecular flexibility index (Phi) is 4.63. The first-order chi connectivity index (χ1) is 12.7. The zero-order valence-electron chi connectivity index (χ0n) is 14.7. The number of pyridine rings is 1. The molecule has 0 saturated heterocycles. The van der Waals surface area contributed by atoms with Crippen LogP contribution in [0.2, 0.25) is 0 Å². The maximum absolute atomic E-state index is 14.2. The molecule has 1 aromatic carbocycles. The van der Waals surface area contributed by atoms with Crippen LogP contribution in [0.25, 0.3) is 5.57 Å². The number of hydrogen-bond donors (Lipinski definition) is 0. The Hall–Kier alpha value is -2.79. The molecule has 1 aromatic heterocycles. The lowest BCUT2D eigenvalue weighted by molar-refractivity contribution is 0.111. The summed E-state index contributed by atoms with van der Waals surface area (Å²) in [5, 5.41) is 0. The third kappa shape index (κ3) is 3.30. The van der Waals surface area contributed by atoms with Crippen LogP contribution < -0.4 is 0 Å². The van der Waals surface area contributed by atoms with Crippen molar-refractivity contribution in [3.63, 3.8) is 0 Å². The number of allylic oxidation sites excluding steroid dienone is 1. The number of halogens is 1. The zero-order valence-corrected chi connectivity index (χ0v) is 14.7. The quantitative estimate of drug-likeness (QED) is 0.850. The average molecular weight is 348 g/mol. The minimum Gasteiger partial charge on any atom is -0.347 e. The lowest BCUT2D eigenvalue weighted by atomic mass is 10.0. The summed E-state index contributed by atoms with van der Waals surface area (Å²) in [6.45, 7) is 1.57. The molecule has 2 aromatic rings. The van der Waals surface area contributed by atoms with Crippen molar-refractivity contribution >= 4 is 11.3 Å². The monoisotopic (exact) mass is 348 g/mol. The molecule has 0 amide bonds. The molecule has 4 rings (SSSR count). The molecule has 4 nitrogen and oxygen atoms in total. The van der Waals surface area contributed by atoms with Crippen LogP contribution in [-0.2, 0) is 0 Å². The third-order valence-electron chi connectivity index (χ3n) is 4.79. The second-order valence-corrected chi connectivity index (χ2v) is 6.55. The Morgan fingerprint density at radius 3 is 2.73 bits per heavy atom. The molecule has 2 aliphatic rings. The van der Waals surface area contributed by atoms with Gasteiger partial charge in [-0.3, -0.25) is 9.88 Å². The Morgan fingerprint density at radius 2 is 1.92 bits per heavy atom. The molecule has 0 fully saturated rings. The van der Waals surface area contributed by atoms with Crippen molar-refractivity contribution < 1.29 is 4.39 Å². The van der Waals surface area contributed by atoms with E-state index < -0.39 is 0 Å². The predicted molar refractivity (Wildman–Crippen MR) is 102 cm³/mol. The van der Waals surface area contributed by atoms with E-state index in [2.05, 4.69) is 27.1 Å². The van der Waals surface area contributed by atoms with Gasteiger partial charge in [-0.2, -0.15) is 0 Å². The van der Waals surface area contributed by atoms with Crippen LogP contribution in [0.1, 0.15) is 17.5 Å². The minimum absolute atomic E-state index is 0.0985. The summed E-state index contributed by atoms with van der Waals surface area (Å²) in [4.78, 5) is 13.4. The summed E-state index contributed by atoms with van der Waals surface area (Å²) in [6, 6.07) is 10.9. The molecule has 26 heavy (non-hydrogen) atoms. The molecule has 3 heterocycles. The minimum atomic E-state index is -0.168. The van der Waals surface area contributed by atoms with E-state index in [0.29, 0.717) is 12.1 Å². The molecule has 0 bridgehead atoms. The third-order valence-corrected chi connectivity index (χ3v) is 4.79. The molecule has 1 unspecified atom stereocenters. The van der Waals surface area contributed by atoms with Gasteiger partial charge in [0.15, 0.2) is 6.29 Å². The van der Waals surface area contributed by atoms with Crippen LogP contribution in [0.3, 0.4) is 0 Å². The smallest absolute Gasteiger partial charge is 0.179 e. The van der Waals surface area contributed by atoms with Gasteiger partial charge in [-0.15, -0.1) is 0 Å². The van der Waals surface area contributed by atoms with E-state index >= 15 is 0 Å². The van der Waals surface area contributed by atoms with Gasteiger partial charge >= 0.3 is 0 Å². The van der Waals surface area contributed by atoms with Crippen LogP contribution in [0.5, 0.6) is 0 Å². The second kappa shape index (κ2) is 7.22. The first kappa shape index (κ1) is 16.7. The molecule has 0 N–H and O–H groups in total. The summed E-state index contributed by atoms with van der Waals surface area (Å²) < 4.78 is 14.2. The van der Waals surface area contributed by atoms with Gasteiger partial charge < -0.3 is 4.90 Å². The fourth-order valence-electron chi connectivity index (χ4n) is 3.44. The van der Waals surface area contributed by atoms with Gasteiger partial charge in [-0.05, 0) is 36.3 Å². The first-order valence-electron chi connectivity index (χ1n) is 8.79. The van der Waals surface area contributed by atoms with Crippen LogP contribution in [0.15, 0.2) is 72.1 Å². The highest BCUT2D eigenvalue weighted by Gasteiger charge is 2.26. The fourth-order valence-corrected chi connectivity index (χ4v) is 3.44. The van der Waals surface area contributed by atoms with Crippen LogP contribution >= 0.6 is 0 Å². The van der Waals surface area contributed by atoms with Gasteiger partial charge in [0.05, 0.1) is 5.71 Å². The highest BCUT2D eigenvalue weighted by Crippen LogP contribution is 2.26. The highest BCUT2D eigenvalue weighted by atomic mass is 19.1. The second-order valence-electron chi connectivity index (χ2n) is 6.55. The number of nitrogens with zero attached hydrogens (tertiary/aromatic N) is 4. The summed E-state index contributed by atoms with van der Waals surface area (Å²) in [5.74, 6) is -0.168. The average Bonchev–Trinajstić information content (AvgIpc) is 2.69. The number of aliphatic imine (C=N–C) groups is 1. The topological polar surface area (TPSA) is 31.7 Å². The van der Waals surface area contributed by atoms with Gasteiger partial charge in [0.25, 0.3) is 0 Å². The lowest BCUT2D eigenvalue weighted by Crippen LogP contribution is -2.47. The summed E-state index contributed by atoms with van der Waals surface area (Å²) in [7, 11) is 2.02. The number of hydrogen-bond acceptors (Lipinski definition) is 4. The summed E-state index contributed by atoms with van der Waals surface area (Å²) >= 11 is 0. The largest absolute Gasteiger partial charge is 0.347 e. The molecule has 132 valence electrons. The SMILES string of the molecule is CN1C=CC(c2ccncc2)=NC1N1CCC=C(c2ccccc2F)C1. The molecule has 5 heteroatoms. The summed E-state index contributed by atoms with van der Waals surface area (Å²) in [6.07, 6.45) is 10.5. The van der Waals surface area contributed by atoms with Crippen molar-refractivity contribution in [2.45, 2.75) is 12.7 Å². The first-order valence-corrected chi connectivity index (χ1v) is 8.79. The normalized spacial score (nSPS) is 20.7. The molecule has 0 saturated carbocycles. The van der Waals surface area contributed by atoms with Gasteiger partial charge in [0, 0.05) is 49.9 Å². The van der Waals surface area contributed by atoms with E-state index in [-0.39, 0.29) is 12.1 Å². The van der Waals surface area contributed by atoms with Gasteiger partial charge in [0.1, 0.15) is 5.82 Å². The molecule has 0 radical (unpaired) electrons. The molecule has 0 aliphatic carbocycles. The van der Waals surface area contributed by atoms with Crippen molar-refractivity contribution in [1.82, 2.24) is 14.8 Å². The zero-order chi connectivity index (χ0) is 17.9. The van der Waals surface area contributed by atoms with Crippen molar-refractivity contribution in [3.05, 3.63) is 84.1 Å². The number of aromatic nitrogens is 1. The van der Waals surface area contributed by atoms with E-state index in [1.165, 1.54) is 6.07 Å². The van der Waals surface area contributed by atoms with Gasteiger partial charge in [0.2, 0.25) is 0 Å². The molecule has 1 atom stereocenters. The van der Waals surface area contributed by atoms with Crippen LogP contribution in [-0.4, -0.2) is 46.9 Å². The van der Waals surface area contributed by atoms with Crippen LogP contribution in [0.4, 0.5) is 4.39 Å². The molecular weight excluding hydrogens is 327 g/mol. The molecule has 0 spiro atoms. The van der Waals surface area contributed by atoms with E-state index in [0.717, 1.165) is 29.8 Å². The Labute approximate surface area is 153 Å². The van der Waals surface area contributed by atoms with E-state index in [1.807, 2.05) is 37.4 Å². The van der Waals surface area contributed by atoms with Crippen LogP contribution in [0, 0.1) is 5.82 Å². The van der Waals surface area contributed by atoms with Crippen molar-refractivity contribution in [1.29, 1.82) is 0 Å². The maximum atomic E-state index is 14.2. The number of rotatable bonds is 3. The highest BCUT2D eigenvalue weighted by molar-refractivity contribution is 6.09. The van der Waals surface area contributed by atoms with E-state index in [9.17, 15) is 4.39 Å². The van der Waals surface area contributed by atoms with E-state index in [1.54, 1.807) is 18.5 Å². The molecule has 2 aliphatic heterocycles. The van der Waals surface area contributed by atoms with E-state index in [4.69, 9.17) is 4.99 Å².